The zero-order chi connectivity index (χ0) is 15.4. The third kappa shape index (κ3) is 3.81. The number of carbonyl (C=O) groups excluding carboxylic acids is 1. The molecule has 0 aliphatic rings. The summed E-state index contributed by atoms with van der Waals surface area (Å²) in [5, 5.41) is 18.2. The number of carboxylic acids is 1. The van der Waals surface area contributed by atoms with Crippen molar-refractivity contribution in [2.45, 2.75) is 19.4 Å². The minimum Gasteiger partial charge on any atom is -0.480 e. The van der Waals surface area contributed by atoms with Gasteiger partial charge in [-0.1, -0.05) is 0 Å². The molecule has 2 amide bonds. The molecule has 0 bridgehead atoms. The van der Waals surface area contributed by atoms with Gasteiger partial charge in [0.2, 0.25) is 0 Å². The number of aryl methyl sites for hydroxylation is 2. The molecule has 0 saturated heterocycles. The number of rotatable bonds is 5. The number of nitrogens with one attached hydrogen (secondary N) is 3. The fourth-order valence-electron chi connectivity index (χ4n) is 1.86. The van der Waals surface area contributed by atoms with Crippen molar-refractivity contribution in [3.05, 3.63) is 30.1 Å². The van der Waals surface area contributed by atoms with Gasteiger partial charge in [0.15, 0.2) is 0 Å². The highest BCUT2D eigenvalue weighted by molar-refractivity contribution is 5.92. The maximum atomic E-state index is 11.9. The van der Waals surface area contributed by atoms with Gasteiger partial charge >= 0.3 is 12.0 Å². The Hall–Kier alpha value is -2.84. The topological polar surface area (TPSA) is 125 Å². The Labute approximate surface area is 120 Å². The fourth-order valence-corrected chi connectivity index (χ4v) is 1.86. The number of carboxylic acid groups (broad SMARTS) is 1. The van der Waals surface area contributed by atoms with Crippen molar-refractivity contribution in [2.24, 2.45) is 7.05 Å². The highest BCUT2D eigenvalue weighted by Crippen LogP contribution is 2.11. The van der Waals surface area contributed by atoms with E-state index in [1.54, 1.807) is 24.9 Å². The molecule has 0 aromatic carbocycles. The number of aromatic nitrogens is 4. The van der Waals surface area contributed by atoms with Crippen LogP contribution in [0.15, 0.2) is 18.7 Å². The van der Waals surface area contributed by atoms with Gasteiger partial charge in [0, 0.05) is 31.6 Å². The maximum Gasteiger partial charge on any atom is 0.326 e. The molecule has 0 radical (unpaired) electrons. The van der Waals surface area contributed by atoms with Crippen LogP contribution in [0.2, 0.25) is 0 Å². The summed E-state index contributed by atoms with van der Waals surface area (Å²) in [7, 11) is 1.73. The van der Waals surface area contributed by atoms with Gasteiger partial charge in [-0.05, 0) is 6.92 Å². The standard InChI is InChI=1S/C12H16N6O3/c1-7-10(5-18(2)17-7)16-12(21)15-9(11(19)20)3-8-4-13-6-14-8/h4-6,9H,3H2,1-2H3,(H,13,14)(H,19,20)(H2,15,16,21)/t9-/m0/s1. The lowest BCUT2D eigenvalue weighted by atomic mass is 10.2. The molecule has 9 nitrogen and oxygen atoms in total. The Bertz CT molecular complexity index is 633. The third-order valence-corrected chi connectivity index (χ3v) is 2.84. The summed E-state index contributed by atoms with van der Waals surface area (Å²) in [5.41, 5.74) is 1.80. The number of nitrogens with zero attached hydrogens (tertiary/aromatic N) is 3. The van der Waals surface area contributed by atoms with Gasteiger partial charge in [-0.2, -0.15) is 5.10 Å². The van der Waals surface area contributed by atoms with E-state index in [2.05, 4.69) is 25.7 Å². The average Bonchev–Trinajstić information content (AvgIpc) is 2.99. The smallest absolute Gasteiger partial charge is 0.326 e. The van der Waals surface area contributed by atoms with Crippen LogP contribution in [0.5, 0.6) is 0 Å². The number of anilines is 1. The molecule has 2 aromatic heterocycles. The van der Waals surface area contributed by atoms with Crippen LogP contribution in [0.1, 0.15) is 11.4 Å². The number of hydrogen-bond donors (Lipinski definition) is 4. The molecule has 0 aliphatic carbocycles. The average molecular weight is 292 g/mol. The monoisotopic (exact) mass is 292 g/mol. The molecular weight excluding hydrogens is 276 g/mol. The zero-order valence-corrected chi connectivity index (χ0v) is 11.6. The van der Waals surface area contributed by atoms with E-state index in [0.29, 0.717) is 17.1 Å². The molecule has 21 heavy (non-hydrogen) atoms. The molecule has 2 heterocycles. The number of H-pyrrole nitrogens is 1. The molecule has 2 aromatic rings. The van der Waals surface area contributed by atoms with Crippen molar-refractivity contribution in [3.8, 4) is 0 Å². The Morgan fingerprint density at radius 1 is 1.52 bits per heavy atom. The van der Waals surface area contributed by atoms with E-state index < -0.39 is 18.0 Å². The summed E-state index contributed by atoms with van der Waals surface area (Å²) < 4.78 is 1.56. The first kappa shape index (κ1) is 14.6. The number of amides is 2. The Balaban J connectivity index is 1.98. The van der Waals surface area contributed by atoms with Gasteiger partial charge in [-0.15, -0.1) is 0 Å². The molecule has 9 heteroatoms. The maximum absolute atomic E-state index is 11.9. The molecule has 0 saturated carbocycles. The Kier molecular flexibility index (Phi) is 4.21. The van der Waals surface area contributed by atoms with E-state index in [9.17, 15) is 9.59 Å². The summed E-state index contributed by atoms with van der Waals surface area (Å²) in [6, 6.07) is -1.65. The molecule has 0 spiro atoms. The minimum atomic E-state index is -1.12. The minimum absolute atomic E-state index is 0.120. The lowest BCUT2D eigenvalue weighted by molar-refractivity contribution is -0.139. The van der Waals surface area contributed by atoms with Crippen LogP contribution in [-0.2, 0) is 18.3 Å². The first-order valence-electron chi connectivity index (χ1n) is 6.23. The molecular formula is C12H16N6O3. The van der Waals surface area contributed by atoms with Crippen LogP contribution >= 0.6 is 0 Å². The van der Waals surface area contributed by atoms with E-state index in [1.165, 1.54) is 12.5 Å². The lowest BCUT2D eigenvalue weighted by Crippen LogP contribution is -2.44. The number of hydrogen-bond acceptors (Lipinski definition) is 4. The molecule has 0 unspecified atom stereocenters. The predicted molar refractivity (Wildman–Crippen MR) is 73.8 cm³/mol. The van der Waals surface area contributed by atoms with Crippen molar-refractivity contribution in [2.75, 3.05) is 5.32 Å². The van der Waals surface area contributed by atoms with Gasteiger partial charge in [0.05, 0.1) is 17.7 Å². The lowest BCUT2D eigenvalue weighted by Gasteiger charge is -2.14. The summed E-state index contributed by atoms with van der Waals surface area (Å²) in [4.78, 5) is 29.7. The van der Waals surface area contributed by atoms with Gasteiger partial charge in [-0.3, -0.25) is 4.68 Å². The van der Waals surface area contributed by atoms with Crippen molar-refractivity contribution in [3.63, 3.8) is 0 Å². The van der Waals surface area contributed by atoms with Crippen LogP contribution in [0.4, 0.5) is 10.5 Å². The Morgan fingerprint density at radius 3 is 2.81 bits per heavy atom. The van der Waals surface area contributed by atoms with E-state index in [-0.39, 0.29) is 6.42 Å². The highest BCUT2D eigenvalue weighted by Gasteiger charge is 2.21. The van der Waals surface area contributed by atoms with Crippen LogP contribution in [0, 0.1) is 6.92 Å². The van der Waals surface area contributed by atoms with E-state index in [1.807, 2.05) is 0 Å². The van der Waals surface area contributed by atoms with Crippen LogP contribution in [0.3, 0.4) is 0 Å². The molecule has 4 N–H and O–H groups in total. The second kappa shape index (κ2) is 6.07. The van der Waals surface area contributed by atoms with Crippen molar-refractivity contribution in [1.82, 2.24) is 25.1 Å². The molecule has 0 fully saturated rings. The quantitative estimate of drug-likeness (QED) is 0.629. The predicted octanol–water partition coefficient (Wildman–Crippen LogP) is 0.269. The van der Waals surface area contributed by atoms with E-state index in [0.717, 1.165) is 0 Å². The summed E-state index contributed by atoms with van der Waals surface area (Å²) in [5.74, 6) is -1.12. The van der Waals surface area contributed by atoms with Crippen LogP contribution in [-0.4, -0.2) is 42.9 Å². The van der Waals surface area contributed by atoms with Gasteiger partial charge in [-0.25, -0.2) is 14.6 Å². The zero-order valence-electron chi connectivity index (χ0n) is 11.6. The molecule has 112 valence electrons. The SMILES string of the molecule is Cc1nn(C)cc1NC(=O)N[C@@H](Cc1cnc[nH]1)C(=O)O. The summed E-state index contributed by atoms with van der Waals surface area (Å²) in [6.07, 6.45) is 4.72. The van der Waals surface area contributed by atoms with E-state index in [4.69, 9.17) is 5.11 Å². The summed E-state index contributed by atoms with van der Waals surface area (Å²) >= 11 is 0. The number of aliphatic carboxylic acids is 1. The number of aromatic amines is 1. The summed E-state index contributed by atoms with van der Waals surface area (Å²) in [6.45, 7) is 1.74. The second-order valence-electron chi connectivity index (χ2n) is 4.57. The molecule has 1 atom stereocenters. The van der Waals surface area contributed by atoms with Crippen LogP contribution in [0.25, 0.3) is 0 Å². The second-order valence-corrected chi connectivity index (χ2v) is 4.57. The van der Waals surface area contributed by atoms with Crippen molar-refractivity contribution in [1.29, 1.82) is 0 Å². The number of urea groups is 1. The highest BCUT2D eigenvalue weighted by atomic mass is 16.4. The van der Waals surface area contributed by atoms with Crippen LogP contribution < -0.4 is 10.6 Å². The fraction of sp³-hybridized carbons (Fsp3) is 0.333. The largest absolute Gasteiger partial charge is 0.480 e. The van der Waals surface area contributed by atoms with Crippen molar-refractivity contribution >= 4 is 17.7 Å². The molecule has 2 rings (SSSR count). The third-order valence-electron chi connectivity index (χ3n) is 2.84. The normalized spacial score (nSPS) is 11.9. The Morgan fingerprint density at radius 2 is 2.29 bits per heavy atom. The number of imidazole rings is 1. The van der Waals surface area contributed by atoms with Crippen molar-refractivity contribution < 1.29 is 14.7 Å². The first-order chi connectivity index (χ1) is 9.95. The van der Waals surface area contributed by atoms with Gasteiger partial charge in [0.1, 0.15) is 6.04 Å². The first-order valence-corrected chi connectivity index (χ1v) is 6.23. The van der Waals surface area contributed by atoms with E-state index >= 15 is 0 Å². The van der Waals surface area contributed by atoms with Gasteiger partial charge in [0.25, 0.3) is 0 Å². The number of carbonyl (C=O) groups is 2. The van der Waals surface area contributed by atoms with Gasteiger partial charge < -0.3 is 20.7 Å². The molecule has 0 aliphatic heterocycles.